The summed E-state index contributed by atoms with van der Waals surface area (Å²) in [5, 5.41) is 2.88. The maximum Gasteiger partial charge on any atom is 0.220 e. The number of benzene rings is 1. The second kappa shape index (κ2) is 8.31. The number of morpholine rings is 1. The molecule has 7 heteroatoms. The molecule has 1 aliphatic rings. The van der Waals surface area contributed by atoms with Gasteiger partial charge in [0.1, 0.15) is 11.3 Å². The smallest absolute Gasteiger partial charge is 0.220 e. The van der Waals surface area contributed by atoms with Crippen LogP contribution in [-0.4, -0.2) is 55.2 Å². The predicted octanol–water partition coefficient (Wildman–Crippen LogP) is 1.95. The normalized spacial score (nSPS) is 16.7. The molecule has 1 aromatic carbocycles. The molecule has 7 nitrogen and oxygen atoms in total. The van der Waals surface area contributed by atoms with E-state index in [0.29, 0.717) is 30.5 Å². The lowest BCUT2D eigenvalue weighted by Crippen LogP contribution is -2.42. The lowest BCUT2D eigenvalue weighted by atomic mass is 10.1. The third kappa shape index (κ3) is 4.70. The minimum absolute atomic E-state index is 0.0138. The number of nitrogens with zero attached hydrogens (tertiary/aromatic N) is 2. The van der Waals surface area contributed by atoms with E-state index in [9.17, 15) is 4.79 Å². The van der Waals surface area contributed by atoms with Gasteiger partial charge in [0, 0.05) is 31.6 Å². The molecular formula is C18H25N3O4. The molecule has 0 saturated carbocycles. The molecule has 25 heavy (non-hydrogen) atoms. The van der Waals surface area contributed by atoms with Crippen molar-refractivity contribution in [3.63, 3.8) is 0 Å². The zero-order chi connectivity index (χ0) is 17.6. The highest BCUT2D eigenvalue weighted by atomic mass is 16.5. The van der Waals surface area contributed by atoms with Gasteiger partial charge >= 0.3 is 0 Å². The summed E-state index contributed by atoms with van der Waals surface area (Å²) in [6.07, 6.45) is 1.32. The third-order valence-electron chi connectivity index (χ3n) is 4.53. The number of aromatic nitrogens is 1. The lowest BCUT2D eigenvalue weighted by Gasteiger charge is -2.32. The van der Waals surface area contributed by atoms with Crippen LogP contribution in [0.2, 0.25) is 0 Å². The fourth-order valence-electron chi connectivity index (χ4n) is 2.96. The first-order chi connectivity index (χ1) is 12.2. The number of oxazole rings is 1. The van der Waals surface area contributed by atoms with Crippen molar-refractivity contribution in [1.82, 2.24) is 15.2 Å². The second-order valence-corrected chi connectivity index (χ2v) is 6.25. The fourth-order valence-corrected chi connectivity index (χ4v) is 2.96. The molecule has 1 fully saturated rings. The minimum atomic E-state index is 0.0138. The first kappa shape index (κ1) is 17.7. The molecule has 1 N–H and O–H groups in total. The van der Waals surface area contributed by atoms with Crippen LogP contribution in [-0.2, 0) is 16.1 Å². The third-order valence-corrected chi connectivity index (χ3v) is 4.53. The van der Waals surface area contributed by atoms with Gasteiger partial charge in [0.25, 0.3) is 0 Å². The number of rotatable bonds is 7. The van der Waals surface area contributed by atoms with E-state index in [-0.39, 0.29) is 5.91 Å². The summed E-state index contributed by atoms with van der Waals surface area (Å²) in [5.74, 6) is 1.24. The van der Waals surface area contributed by atoms with Crippen molar-refractivity contribution in [2.45, 2.75) is 32.4 Å². The van der Waals surface area contributed by atoms with Gasteiger partial charge in [0.2, 0.25) is 11.8 Å². The summed E-state index contributed by atoms with van der Waals surface area (Å²) >= 11 is 0. The van der Waals surface area contributed by atoms with Gasteiger partial charge < -0.3 is 19.2 Å². The highest BCUT2D eigenvalue weighted by molar-refractivity contribution is 5.76. The number of carbonyl (C=O) groups excluding carboxylic acids is 1. The van der Waals surface area contributed by atoms with Crippen molar-refractivity contribution < 1.29 is 18.7 Å². The van der Waals surface area contributed by atoms with Gasteiger partial charge in [-0.15, -0.1) is 0 Å². The van der Waals surface area contributed by atoms with Gasteiger partial charge in [-0.1, -0.05) is 0 Å². The first-order valence-corrected chi connectivity index (χ1v) is 8.67. The van der Waals surface area contributed by atoms with Crippen molar-refractivity contribution >= 4 is 17.0 Å². The van der Waals surface area contributed by atoms with Crippen LogP contribution in [0.5, 0.6) is 5.75 Å². The van der Waals surface area contributed by atoms with E-state index in [2.05, 4.69) is 22.1 Å². The summed E-state index contributed by atoms with van der Waals surface area (Å²) in [7, 11) is 1.61. The highest BCUT2D eigenvalue weighted by Crippen LogP contribution is 2.21. The summed E-state index contributed by atoms with van der Waals surface area (Å²) in [6, 6.07) is 5.83. The van der Waals surface area contributed by atoms with E-state index in [1.54, 1.807) is 7.11 Å². The maximum absolute atomic E-state index is 12.1. The Morgan fingerprint density at radius 1 is 1.40 bits per heavy atom. The molecule has 1 atom stereocenters. The molecule has 0 bridgehead atoms. The van der Waals surface area contributed by atoms with E-state index < -0.39 is 0 Å². The average molecular weight is 347 g/mol. The number of amides is 1. The molecule has 0 aliphatic carbocycles. The molecule has 0 spiro atoms. The number of hydrogen-bond acceptors (Lipinski definition) is 6. The second-order valence-electron chi connectivity index (χ2n) is 6.25. The maximum atomic E-state index is 12.1. The number of nitrogens with one attached hydrogen (secondary N) is 1. The minimum Gasteiger partial charge on any atom is -0.497 e. The largest absolute Gasteiger partial charge is 0.497 e. The Morgan fingerprint density at radius 2 is 2.20 bits per heavy atom. The number of fused-ring (bicyclic) bond motifs is 1. The molecule has 1 aromatic heterocycles. The topological polar surface area (TPSA) is 76.8 Å². The lowest BCUT2D eigenvalue weighted by molar-refractivity contribution is -0.121. The Kier molecular flexibility index (Phi) is 5.88. The van der Waals surface area contributed by atoms with Crippen LogP contribution >= 0.6 is 0 Å². The van der Waals surface area contributed by atoms with Crippen molar-refractivity contribution in [3.8, 4) is 5.75 Å². The van der Waals surface area contributed by atoms with Crippen LogP contribution in [0, 0.1) is 0 Å². The molecule has 3 rings (SSSR count). The quantitative estimate of drug-likeness (QED) is 0.825. The van der Waals surface area contributed by atoms with Crippen LogP contribution < -0.4 is 10.1 Å². The van der Waals surface area contributed by atoms with Crippen molar-refractivity contribution in [2.75, 3.05) is 33.4 Å². The van der Waals surface area contributed by atoms with Gasteiger partial charge in [-0.25, -0.2) is 4.98 Å². The van der Waals surface area contributed by atoms with Gasteiger partial charge in [0.15, 0.2) is 5.58 Å². The molecule has 1 unspecified atom stereocenters. The predicted molar refractivity (Wildman–Crippen MR) is 93.5 cm³/mol. The Bertz CT molecular complexity index is 709. The van der Waals surface area contributed by atoms with Gasteiger partial charge in [0.05, 0.1) is 26.9 Å². The van der Waals surface area contributed by atoms with Gasteiger partial charge in [-0.05, 0) is 25.5 Å². The van der Waals surface area contributed by atoms with E-state index >= 15 is 0 Å². The molecule has 1 amide bonds. The van der Waals surface area contributed by atoms with Crippen LogP contribution in [0.15, 0.2) is 22.6 Å². The molecule has 0 radical (unpaired) electrons. The summed E-state index contributed by atoms with van der Waals surface area (Å²) in [4.78, 5) is 18.8. The van der Waals surface area contributed by atoms with Gasteiger partial charge in [-0.2, -0.15) is 0 Å². The van der Waals surface area contributed by atoms with Crippen molar-refractivity contribution in [2.24, 2.45) is 0 Å². The summed E-state index contributed by atoms with van der Waals surface area (Å²) in [5.41, 5.74) is 1.41. The monoisotopic (exact) mass is 347 g/mol. The van der Waals surface area contributed by atoms with E-state index in [1.807, 2.05) is 18.2 Å². The summed E-state index contributed by atoms with van der Waals surface area (Å²) < 4.78 is 16.2. The Hall–Kier alpha value is -2.12. The van der Waals surface area contributed by atoms with Crippen LogP contribution in [0.25, 0.3) is 11.1 Å². The van der Waals surface area contributed by atoms with Crippen LogP contribution in [0.1, 0.15) is 25.7 Å². The molecular weight excluding hydrogens is 322 g/mol. The zero-order valence-electron chi connectivity index (χ0n) is 14.8. The SMILES string of the molecule is COc1ccc2oc(CNC(=O)CCC(C)N3CCOCC3)nc2c1. The number of hydrogen-bond donors (Lipinski definition) is 1. The Labute approximate surface area is 147 Å². The fraction of sp³-hybridized carbons (Fsp3) is 0.556. The Balaban J connectivity index is 1.45. The Morgan fingerprint density at radius 3 is 2.96 bits per heavy atom. The highest BCUT2D eigenvalue weighted by Gasteiger charge is 2.18. The zero-order valence-corrected chi connectivity index (χ0v) is 14.8. The van der Waals surface area contributed by atoms with Crippen LogP contribution in [0.3, 0.4) is 0 Å². The van der Waals surface area contributed by atoms with Crippen molar-refractivity contribution in [1.29, 1.82) is 0 Å². The molecule has 136 valence electrons. The van der Waals surface area contributed by atoms with E-state index in [1.165, 1.54) is 0 Å². The van der Waals surface area contributed by atoms with Gasteiger partial charge in [-0.3, -0.25) is 9.69 Å². The molecule has 2 aromatic rings. The number of carbonyl (C=O) groups is 1. The first-order valence-electron chi connectivity index (χ1n) is 8.67. The number of methoxy groups -OCH3 is 1. The summed E-state index contributed by atoms with van der Waals surface area (Å²) in [6.45, 7) is 5.89. The molecule has 2 heterocycles. The molecule has 1 aliphatic heterocycles. The standard InChI is InChI=1S/C18H25N3O4/c1-13(21-7-9-24-10-8-21)3-6-17(22)19-12-18-20-15-11-14(23-2)4-5-16(15)25-18/h4-5,11,13H,3,6-10,12H2,1-2H3,(H,19,22). The van der Waals surface area contributed by atoms with Crippen LogP contribution in [0.4, 0.5) is 0 Å². The average Bonchev–Trinajstić information content (AvgIpc) is 3.07. The van der Waals surface area contributed by atoms with Crippen molar-refractivity contribution in [3.05, 3.63) is 24.1 Å². The van der Waals surface area contributed by atoms with E-state index in [0.717, 1.165) is 44.0 Å². The number of ether oxygens (including phenoxy) is 2. The molecule has 1 saturated heterocycles. The van der Waals surface area contributed by atoms with E-state index in [4.69, 9.17) is 13.9 Å².